The molecule has 0 radical (unpaired) electrons. The van der Waals surface area contributed by atoms with Crippen molar-refractivity contribution in [3.8, 4) is 39.5 Å². The number of thiophene rings is 1. The molecule has 0 saturated heterocycles. The maximum absolute atomic E-state index is 12.4. The number of aromatic hydroxyl groups is 1. The molecule has 9 aromatic rings. The topological polar surface area (TPSA) is 59.2 Å². The average Bonchev–Trinajstić information content (AvgIpc) is 3.68. The van der Waals surface area contributed by atoms with Crippen LogP contribution in [0.1, 0.15) is 52.7 Å². The van der Waals surface area contributed by atoms with Crippen molar-refractivity contribution in [2.75, 3.05) is 0 Å². The normalized spacial score (nSPS) is 12.3. The fraction of sp³-hybridized carbons (Fsp3) is 0.208. The minimum Gasteiger partial charge on any atom is -0.506 e. The number of hydrogen-bond donors (Lipinski definition) is 1. The largest absolute Gasteiger partial charge is 0.506 e. The Hall–Kier alpha value is -4.83. The molecule has 0 fully saturated rings. The maximum Gasteiger partial charge on any atom is 0.149 e. The van der Waals surface area contributed by atoms with E-state index in [1.54, 1.807) is 17.5 Å². The van der Waals surface area contributed by atoms with Crippen molar-refractivity contribution in [2.45, 2.75) is 54.4 Å². The van der Waals surface area contributed by atoms with Crippen molar-refractivity contribution in [1.82, 2.24) is 9.97 Å². The summed E-state index contributed by atoms with van der Waals surface area (Å²) in [5, 5.41) is 18.4. The fourth-order valence-corrected chi connectivity index (χ4v) is 9.06. The molecule has 5 aromatic carbocycles. The molecule has 272 valence electrons. The summed E-state index contributed by atoms with van der Waals surface area (Å²) in [4.78, 5) is 10.0. The van der Waals surface area contributed by atoms with E-state index in [1.807, 2.05) is 54.6 Å². The van der Waals surface area contributed by atoms with Crippen LogP contribution in [0.5, 0.6) is 5.75 Å². The van der Waals surface area contributed by atoms with Gasteiger partial charge in [0, 0.05) is 59.5 Å². The van der Waals surface area contributed by atoms with Gasteiger partial charge in [0.05, 0.1) is 16.0 Å². The van der Waals surface area contributed by atoms with Gasteiger partial charge in [0.2, 0.25) is 0 Å². The van der Waals surface area contributed by atoms with Crippen LogP contribution in [-0.4, -0.2) is 15.1 Å². The summed E-state index contributed by atoms with van der Waals surface area (Å²) in [6, 6.07) is 39.3. The molecule has 4 aromatic heterocycles. The van der Waals surface area contributed by atoms with Crippen molar-refractivity contribution in [3.63, 3.8) is 0 Å². The number of pyridine rings is 2. The van der Waals surface area contributed by atoms with Crippen molar-refractivity contribution in [3.05, 3.63) is 127 Å². The number of phenols is 1. The minimum atomic E-state index is 0. The minimum absolute atomic E-state index is 0. The first kappa shape index (κ1) is 36.2. The van der Waals surface area contributed by atoms with Gasteiger partial charge in [-0.1, -0.05) is 119 Å². The molecule has 1 N–H and O–H groups in total. The molecule has 6 heteroatoms. The standard InChI is InChI=1S/C48H41N2O2S.Pt/c1-47(2,3)26-28-18-20-35-39(22-28)52-45-41(35)33-14-7-8-15-34(33)44(51)42(45)43-46-36(32-19-17-29(23-40(32)53-46)27-48(4,5)6)25-38(50-43)31-13-11-12-30(24-31)37-16-9-10-21-49-37;/h7-23,25,51H,26-27H2,1-6H3;/q-1;. The molecule has 0 aliphatic carbocycles. The fourth-order valence-electron chi connectivity index (χ4n) is 7.82. The summed E-state index contributed by atoms with van der Waals surface area (Å²) < 4.78 is 9.10. The Morgan fingerprint density at radius 1 is 0.667 bits per heavy atom. The number of benzene rings is 5. The Bertz CT molecular complexity index is 2870. The Balaban J connectivity index is 0.00000413. The second kappa shape index (κ2) is 13.5. The Morgan fingerprint density at radius 3 is 2.04 bits per heavy atom. The predicted molar refractivity (Wildman–Crippen MR) is 223 cm³/mol. The monoisotopic (exact) mass is 904 g/mol. The van der Waals surface area contributed by atoms with Crippen molar-refractivity contribution < 1.29 is 30.6 Å². The van der Waals surface area contributed by atoms with E-state index < -0.39 is 0 Å². The van der Waals surface area contributed by atoms with E-state index >= 15 is 0 Å². The van der Waals surface area contributed by atoms with Gasteiger partial charge in [-0.3, -0.25) is 9.97 Å². The molecule has 4 heterocycles. The van der Waals surface area contributed by atoms with Crippen LogP contribution in [-0.2, 0) is 33.9 Å². The Morgan fingerprint density at radius 2 is 1.33 bits per heavy atom. The molecule has 0 bridgehead atoms. The van der Waals surface area contributed by atoms with Gasteiger partial charge in [-0.2, -0.15) is 0 Å². The van der Waals surface area contributed by atoms with Crippen molar-refractivity contribution >= 4 is 64.2 Å². The van der Waals surface area contributed by atoms with E-state index in [0.29, 0.717) is 16.8 Å². The first-order chi connectivity index (χ1) is 25.4. The molecule has 0 amide bonds. The molecule has 0 spiro atoms. The maximum atomic E-state index is 12.4. The molecule has 54 heavy (non-hydrogen) atoms. The summed E-state index contributed by atoms with van der Waals surface area (Å²) in [7, 11) is 0. The van der Waals surface area contributed by atoms with Gasteiger partial charge in [0.1, 0.15) is 16.9 Å². The van der Waals surface area contributed by atoms with Crippen LogP contribution < -0.4 is 0 Å². The van der Waals surface area contributed by atoms with Crippen LogP contribution in [0.15, 0.2) is 114 Å². The zero-order chi connectivity index (χ0) is 36.6. The number of furan rings is 1. The quantitative estimate of drug-likeness (QED) is 0.175. The molecule has 9 rings (SSSR count). The van der Waals surface area contributed by atoms with Gasteiger partial charge in [-0.25, -0.2) is 0 Å². The second-order valence-electron chi connectivity index (χ2n) is 16.7. The number of phenolic OH excluding ortho intramolecular Hbond substituents is 1. The number of hydrogen-bond acceptors (Lipinski definition) is 5. The smallest absolute Gasteiger partial charge is 0.149 e. The average molecular weight is 905 g/mol. The summed E-state index contributed by atoms with van der Waals surface area (Å²) >= 11 is 1.73. The third kappa shape index (κ3) is 6.52. The van der Waals surface area contributed by atoms with Gasteiger partial charge >= 0.3 is 0 Å². The Kier molecular flexibility index (Phi) is 9.03. The number of fused-ring (bicyclic) bond motifs is 8. The van der Waals surface area contributed by atoms with E-state index in [-0.39, 0.29) is 37.6 Å². The molecular formula is C48H41N2O2PtS-. The summed E-state index contributed by atoms with van der Waals surface area (Å²) in [6.45, 7) is 13.6. The third-order valence-electron chi connectivity index (χ3n) is 9.91. The molecule has 0 unspecified atom stereocenters. The van der Waals surface area contributed by atoms with Gasteiger partial charge < -0.3 is 9.52 Å². The summed E-state index contributed by atoms with van der Waals surface area (Å²) in [5.74, 6) is 0.171. The Labute approximate surface area is 334 Å². The molecule has 4 nitrogen and oxygen atoms in total. The molecule has 0 aliphatic rings. The van der Waals surface area contributed by atoms with Crippen LogP contribution in [0, 0.1) is 16.9 Å². The van der Waals surface area contributed by atoms with Crippen molar-refractivity contribution in [1.29, 1.82) is 0 Å². The predicted octanol–water partition coefficient (Wildman–Crippen LogP) is 13.6. The third-order valence-corrected chi connectivity index (χ3v) is 11.1. The first-order valence-electron chi connectivity index (χ1n) is 18.3. The van der Waals surface area contributed by atoms with Crippen LogP contribution in [0.2, 0.25) is 0 Å². The zero-order valence-electron chi connectivity index (χ0n) is 31.3. The van der Waals surface area contributed by atoms with Gasteiger partial charge in [-0.15, -0.1) is 35.6 Å². The summed E-state index contributed by atoms with van der Waals surface area (Å²) in [5.41, 5.74) is 8.97. The molecule has 0 saturated carbocycles. The van der Waals surface area contributed by atoms with E-state index in [2.05, 4.69) is 101 Å². The molecule has 0 aliphatic heterocycles. The van der Waals surface area contributed by atoms with Gasteiger partial charge in [0.25, 0.3) is 0 Å². The number of aromatic nitrogens is 2. The second-order valence-corrected chi connectivity index (χ2v) is 17.8. The van der Waals surface area contributed by atoms with Gasteiger partial charge in [0.15, 0.2) is 0 Å². The van der Waals surface area contributed by atoms with Crippen LogP contribution in [0.4, 0.5) is 0 Å². The van der Waals surface area contributed by atoms with Crippen molar-refractivity contribution in [2.24, 2.45) is 10.8 Å². The van der Waals surface area contributed by atoms with Crippen LogP contribution >= 0.6 is 11.3 Å². The van der Waals surface area contributed by atoms with E-state index in [4.69, 9.17) is 9.40 Å². The number of rotatable bonds is 5. The molecule has 0 atom stereocenters. The summed E-state index contributed by atoms with van der Waals surface area (Å²) in [6.07, 6.45) is 3.71. The van der Waals surface area contributed by atoms with Gasteiger partial charge in [-0.05, 0) is 69.2 Å². The van der Waals surface area contributed by atoms with Crippen LogP contribution in [0.25, 0.3) is 86.7 Å². The SMILES string of the molecule is CC(C)(C)Cc1ccc2c(c1)oc1c(-c3nc(-c4[c-]c(-c5ccccn5)ccc4)cc4c3sc3cc(CC(C)(C)C)ccc34)c(O)c3ccccc3c12.[Pt]. The first-order valence-corrected chi connectivity index (χ1v) is 19.1. The van der Waals surface area contributed by atoms with E-state index in [9.17, 15) is 5.11 Å². The van der Waals surface area contributed by atoms with E-state index in [1.165, 1.54) is 21.2 Å². The molecular weight excluding hydrogens is 864 g/mol. The van der Waals surface area contributed by atoms with Crippen LogP contribution in [0.3, 0.4) is 0 Å². The number of nitrogens with zero attached hydrogens (tertiary/aromatic N) is 2. The van der Waals surface area contributed by atoms with E-state index in [0.717, 1.165) is 72.6 Å². The zero-order valence-corrected chi connectivity index (χ0v) is 34.4.